The van der Waals surface area contributed by atoms with Gasteiger partial charge in [0.2, 0.25) is 10.0 Å². The van der Waals surface area contributed by atoms with Crippen LogP contribution < -0.4 is 19.6 Å². The summed E-state index contributed by atoms with van der Waals surface area (Å²) in [5, 5.41) is 12.6. The first kappa shape index (κ1) is 22.1. The lowest BCUT2D eigenvalue weighted by Gasteiger charge is -2.25. The molecule has 0 saturated heterocycles. The van der Waals surface area contributed by atoms with E-state index >= 15 is 0 Å². The number of rotatable bonds is 6. The first-order chi connectivity index (χ1) is 15.3. The van der Waals surface area contributed by atoms with E-state index in [1.165, 1.54) is 12.1 Å². The molecule has 1 atom stereocenters. The number of anilines is 1. The Balaban J connectivity index is 1.78. The van der Waals surface area contributed by atoms with Crippen molar-refractivity contribution in [2.45, 2.75) is 17.4 Å². The molecule has 0 amide bonds. The number of sulfonamides is 1. The van der Waals surface area contributed by atoms with Crippen molar-refractivity contribution < 1.29 is 17.9 Å². The summed E-state index contributed by atoms with van der Waals surface area (Å²) in [5.74, 6) is 1.34. The van der Waals surface area contributed by atoms with E-state index in [-0.39, 0.29) is 10.9 Å². The van der Waals surface area contributed by atoms with E-state index in [2.05, 4.69) is 0 Å². The molecule has 1 unspecified atom stereocenters. The van der Waals surface area contributed by atoms with Gasteiger partial charge in [-0.15, -0.1) is 0 Å². The number of hydrazone groups is 1. The van der Waals surface area contributed by atoms with E-state index in [1.807, 2.05) is 47.5 Å². The monoisotopic (exact) mass is 471 g/mol. The predicted molar refractivity (Wildman–Crippen MR) is 125 cm³/mol. The van der Waals surface area contributed by atoms with E-state index in [0.29, 0.717) is 22.9 Å². The number of methoxy groups -OCH3 is 2. The normalized spacial score (nSPS) is 16.1. The van der Waals surface area contributed by atoms with E-state index in [1.54, 1.807) is 26.4 Å². The molecule has 3 aromatic rings. The molecule has 0 saturated carbocycles. The van der Waals surface area contributed by atoms with E-state index in [4.69, 9.17) is 31.3 Å². The van der Waals surface area contributed by atoms with Crippen molar-refractivity contribution in [3.05, 3.63) is 82.9 Å². The van der Waals surface area contributed by atoms with Gasteiger partial charge in [-0.05, 0) is 59.7 Å². The van der Waals surface area contributed by atoms with Gasteiger partial charge in [-0.1, -0.05) is 23.7 Å². The van der Waals surface area contributed by atoms with Gasteiger partial charge in [-0.3, -0.25) is 5.01 Å². The van der Waals surface area contributed by atoms with Crippen LogP contribution in [-0.2, 0) is 10.0 Å². The Bertz CT molecular complexity index is 1240. The fourth-order valence-corrected chi connectivity index (χ4v) is 4.28. The Morgan fingerprint density at radius 2 is 1.56 bits per heavy atom. The SMILES string of the molecule is COc1cc(OC)cc(C2CC(c3ccc(Cl)cc3)=NN2c2ccc(S(N)(=O)=O)cc2)c1. The minimum Gasteiger partial charge on any atom is -0.497 e. The van der Waals surface area contributed by atoms with Crippen molar-refractivity contribution in [1.29, 1.82) is 0 Å². The van der Waals surface area contributed by atoms with E-state index < -0.39 is 10.0 Å². The molecule has 0 bridgehead atoms. The zero-order valence-electron chi connectivity index (χ0n) is 17.5. The highest BCUT2D eigenvalue weighted by molar-refractivity contribution is 7.89. The molecule has 0 aliphatic carbocycles. The van der Waals surface area contributed by atoms with Crippen LogP contribution in [0.3, 0.4) is 0 Å². The largest absolute Gasteiger partial charge is 0.497 e. The minimum absolute atomic E-state index is 0.0435. The Morgan fingerprint density at radius 1 is 0.969 bits per heavy atom. The van der Waals surface area contributed by atoms with Crippen LogP contribution in [0.15, 0.2) is 76.7 Å². The second kappa shape index (κ2) is 8.82. The third kappa shape index (κ3) is 4.57. The molecule has 0 aromatic heterocycles. The molecule has 9 heteroatoms. The maximum atomic E-state index is 11.7. The van der Waals surface area contributed by atoms with Gasteiger partial charge in [0.1, 0.15) is 11.5 Å². The van der Waals surface area contributed by atoms with Crippen LogP contribution in [0, 0.1) is 0 Å². The number of hydrogen-bond donors (Lipinski definition) is 1. The molecule has 166 valence electrons. The molecule has 0 fully saturated rings. The molecule has 4 rings (SSSR count). The van der Waals surface area contributed by atoms with Crippen LogP contribution in [0.5, 0.6) is 11.5 Å². The van der Waals surface area contributed by atoms with Crippen LogP contribution in [-0.4, -0.2) is 28.3 Å². The Morgan fingerprint density at radius 3 is 2.09 bits per heavy atom. The van der Waals surface area contributed by atoms with Crippen molar-refractivity contribution in [3.8, 4) is 11.5 Å². The lowest BCUT2D eigenvalue weighted by molar-refractivity contribution is 0.392. The maximum absolute atomic E-state index is 11.7. The summed E-state index contributed by atoms with van der Waals surface area (Å²) in [7, 11) is -0.577. The Kier molecular flexibility index (Phi) is 6.10. The topological polar surface area (TPSA) is 94.2 Å². The zero-order valence-corrected chi connectivity index (χ0v) is 19.1. The number of halogens is 1. The molecule has 7 nitrogen and oxygen atoms in total. The molecule has 0 radical (unpaired) electrons. The highest BCUT2D eigenvalue weighted by Gasteiger charge is 2.31. The van der Waals surface area contributed by atoms with Crippen LogP contribution in [0.25, 0.3) is 0 Å². The summed E-state index contributed by atoms with van der Waals surface area (Å²) >= 11 is 6.05. The van der Waals surface area contributed by atoms with Gasteiger partial charge in [0, 0.05) is 17.5 Å². The van der Waals surface area contributed by atoms with Gasteiger partial charge in [-0.2, -0.15) is 5.10 Å². The van der Waals surface area contributed by atoms with E-state index in [0.717, 1.165) is 22.5 Å². The molecular weight excluding hydrogens is 450 g/mol. The minimum atomic E-state index is -3.78. The number of primary sulfonamides is 1. The lowest BCUT2D eigenvalue weighted by atomic mass is 9.97. The number of nitrogens with zero attached hydrogens (tertiary/aromatic N) is 2. The maximum Gasteiger partial charge on any atom is 0.238 e. The highest BCUT2D eigenvalue weighted by atomic mass is 35.5. The van der Waals surface area contributed by atoms with Crippen LogP contribution in [0.4, 0.5) is 5.69 Å². The molecule has 2 N–H and O–H groups in total. The summed E-state index contributed by atoms with van der Waals surface area (Å²) < 4.78 is 34.2. The van der Waals surface area contributed by atoms with E-state index in [9.17, 15) is 8.42 Å². The molecule has 1 heterocycles. The molecule has 32 heavy (non-hydrogen) atoms. The first-order valence-corrected chi connectivity index (χ1v) is 11.7. The van der Waals surface area contributed by atoms with Crippen LogP contribution in [0.2, 0.25) is 5.02 Å². The fraction of sp³-hybridized carbons (Fsp3) is 0.174. The third-order valence-electron chi connectivity index (χ3n) is 5.28. The van der Waals surface area contributed by atoms with Gasteiger partial charge in [0.25, 0.3) is 0 Å². The average molecular weight is 472 g/mol. The van der Waals surface area contributed by atoms with Gasteiger partial charge in [-0.25, -0.2) is 13.6 Å². The van der Waals surface area contributed by atoms with Crippen molar-refractivity contribution in [2.75, 3.05) is 19.2 Å². The number of ether oxygens (including phenoxy) is 2. The molecular formula is C23H22ClN3O4S. The highest BCUT2D eigenvalue weighted by Crippen LogP contribution is 2.39. The second-order valence-electron chi connectivity index (χ2n) is 7.30. The summed E-state index contributed by atoms with van der Waals surface area (Å²) in [6.07, 6.45) is 0.620. The second-order valence-corrected chi connectivity index (χ2v) is 9.30. The van der Waals surface area contributed by atoms with Gasteiger partial charge < -0.3 is 9.47 Å². The number of benzene rings is 3. The Hall–Kier alpha value is -3.07. The third-order valence-corrected chi connectivity index (χ3v) is 6.46. The molecule has 0 spiro atoms. The van der Waals surface area contributed by atoms with Crippen molar-refractivity contribution in [3.63, 3.8) is 0 Å². The molecule has 1 aliphatic rings. The summed E-state index contributed by atoms with van der Waals surface area (Å²) in [4.78, 5) is 0.0435. The zero-order chi connectivity index (χ0) is 22.9. The van der Waals surface area contributed by atoms with Gasteiger partial charge in [0.05, 0.1) is 36.6 Å². The standard InChI is InChI=1S/C23H22ClN3O4S/c1-30-19-11-16(12-20(13-19)31-2)23-14-22(15-3-5-17(24)6-4-15)26-27(23)18-7-9-21(10-8-18)32(25,28)29/h3-13,23H,14H2,1-2H3,(H2,25,28,29). The van der Waals surface area contributed by atoms with Crippen molar-refractivity contribution >= 4 is 33.0 Å². The summed E-state index contributed by atoms with van der Waals surface area (Å²) in [5.41, 5.74) is 3.51. The Labute approximate surface area is 192 Å². The molecule has 3 aromatic carbocycles. The van der Waals surface area contributed by atoms with Crippen LogP contribution in [0.1, 0.15) is 23.6 Å². The van der Waals surface area contributed by atoms with Crippen LogP contribution >= 0.6 is 11.6 Å². The van der Waals surface area contributed by atoms with Crippen molar-refractivity contribution in [1.82, 2.24) is 0 Å². The molecule has 1 aliphatic heterocycles. The fourth-order valence-electron chi connectivity index (χ4n) is 3.64. The van der Waals surface area contributed by atoms with Gasteiger partial charge >= 0.3 is 0 Å². The predicted octanol–water partition coefficient (Wildman–Crippen LogP) is 4.36. The van der Waals surface area contributed by atoms with Crippen molar-refractivity contribution in [2.24, 2.45) is 10.2 Å². The number of nitrogens with two attached hydrogens (primary N) is 1. The lowest BCUT2D eigenvalue weighted by Crippen LogP contribution is -2.19. The summed E-state index contributed by atoms with van der Waals surface area (Å²) in [6.45, 7) is 0. The van der Waals surface area contributed by atoms with Gasteiger partial charge in [0.15, 0.2) is 0 Å². The smallest absolute Gasteiger partial charge is 0.238 e. The number of hydrogen-bond acceptors (Lipinski definition) is 6. The first-order valence-electron chi connectivity index (χ1n) is 9.77. The quantitative estimate of drug-likeness (QED) is 0.576. The average Bonchev–Trinajstić information content (AvgIpc) is 3.24. The summed E-state index contributed by atoms with van der Waals surface area (Å²) in [6, 6.07) is 19.4.